The predicted molar refractivity (Wildman–Crippen MR) is 81.7 cm³/mol. The molecule has 0 unspecified atom stereocenters. The number of nitrogens with zero attached hydrogens (tertiary/aromatic N) is 2. The Kier molecular flexibility index (Phi) is 4.07. The zero-order valence-corrected chi connectivity index (χ0v) is 12.2. The summed E-state index contributed by atoms with van der Waals surface area (Å²) >= 11 is 0. The Hall–Kier alpha value is -2.63. The van der Waals surface area contributed by atoms with Crippen LogP contribution in [0.3, 0.4) is 0 Å². The first kappa shape index (κ1) is 14.8. The van der Waals surface area contributed by atoms with E-state index in [4.69, 9.17) is 0 Å². The van der Waals surface area contributed by atoms with Gasteiger partial charge in [-0.25, -0.2) is 5.43 Å². The van der Waals surface area contributed by atoms with Crippen LogP contribution in [0.15, 0.2) is 34.2 Å². The van der Waals surface area contributed by atoms with E-state index in [1.54, 1.807) is 38.2 Å². The molecule has 6 nitrogen and oxygen atoms in total. The van der Waals surface area contributed by atoms with Crippen LogP contribution in [0.4, 0.5) is 0 Å². The molecule has 21 heavy (non-hydrogen) atoms. The van der Waals surface area contributed by atoms with Crippen molar-refractivity contribution in [2.75, 3.05) is 0 Å². The first-order chi connectivity index (χ1) is 9.97. The topological polar surface area (TPSA) is 83.7 Å². The summed E-state index contributed by atoms with van der Waals surface area (Å²) in [6, 6.07) is 6.85. The minimum absolute atomic E-state index is 0.302. The molecule has 1 heterocycles. The third-order valence-corrected chi connectivity index (χ3v) is 3.36. The second kappa shape index (κ2) is 5.78. The molecule has 0 bridgehead atoms. The zero-order chi connectivity index (χ0) is 15.6. The predicted octanol–water partition coefficient (Wildman–Crippen LogP) is 1.76. The number of rotatable bonds is 3. The molecule has 0 saturated carbocycles. The van der Waals surface area contributed by atoms with Gasteiger partial charge in [0.25, 0.3) is 11.5 Å². The van der Waals surface area contributed by atoms with E-state index in [1.807, 2.05) is 6.92 Å². The maximum atomic E-state index is 12.3. The second-order valence-corrected chi connectivity index (χ2v) is 4.75. The average molecular weight is 287 g/mol. The molecule has 0 aliphatic rings. The van der Waals surface area contributed by atoms with Crippen molar-refractivity contribution in [3.05, 3.63) is 40.2 Å². The number of pyridine rings is 1. The fraction of sp³-hybridized carbons (Fsp3) is 0.267. The number of para-hydroxylation sites is 1. The number of hydrogen-bond acceptors (Lipinski definition) is 4. The molecular formula is C15H17N3O3. The second-order valence-electron chi connectivity index (χ2n) is 4.75. The van der Waals surface area contributed by atoms with E-state index in [1.165, 1.54) is 4.57 Å². The summed E-state index contributed by atoms with van der Waals surface area (Å²) in [7, 11) is 1.56. The fourth-order valence-corrected chi connectivity index (χ4v) is 1.97. The Bertz CT molecular complexity index is 791. The number of nitrogens with one attached hydrogen (secondary N) is 1. The van der Waals surface area contributed by atoms with Gasteiger partial charge in [-0.2, -0.15) is 5.10 Å². The first-order valence-electron chi connectivity index (χ1n) is 6.61. The van der Waals surface area contributed by atoms with Gasteiger partial charge < -0.3 is 9.67 Å². The number of aromatic nitrogens is 1. The van der Waals surface area contributed by atoms with Crippen molar-refractivity contribution in [2.24, 2.45) is 12.1 Å². The third-order valence-electron chi connectivity index (χ3n) is 3.36. The van der Waals surface area contributed by atoms with Crippen LogP contribution in [-0.2, 0) is 7.05 Å². The maximum absolute atomic E-state index is 12.3. The molecule has 110 valence electrons. The van der Waals surface area contributed by atoms with Crippen LogP contribution in [0.5, 0.6) is 5.75 Å². The monoisotopic (exact) mass is 287 g/mol. The van der Waals surface area contributed by atoms with Crippen molar-refractivity contribution in [2.45, 2.75) is 20.3 Å². The highest BCUT2D eigenvalue weighted by molar-refractivity contribution is 6.02. The Labute approximate surface area is 121 Å². The highest BCUT2D eigenvalue weighted by Gasteiger charge is 2.20. The Balaban J connectivity index is 2.59. The molecule has 1 aromatic carbocycles. The number of hydrogen-bond donors (Lipinski definition) is 2. The fourth-order valence-electron chi connectivity index (χ4n) is 1.97. The minimum atomic E-state index is -0.716. The smallest absolute Gasteiger partial charge is 0.280 e. The number of aryl methyl sites for hydroxylation is 1. The normalized spacial score (nSPS) is 11.7. The summed E-state index contributed by atoms with van der Waals surface area (Å²) in [4.78, 5) is 24.4. The number of carbonyl (C=O) groups excluding carboxylic acids is 1. The van der Waals surface area contributed by atoms with Crippen molar-refractivity contribution in [1.29, 1.82) is 0 Å². The molecule has 2 N–H and O–H groups in total. The van der Waals surface area contributed by atoms with Crippen LogP contribution < -0.4 is 11.0 Å². The summed E-state index contributed by atoms with van der Waals surface area (Å²) in [5.74, 6) is -1.04. The highest BCUT2D eigenvalue weighted by Crippen LogP contribution is 2.25. The van der Waals surface area contributed by atoms with Crippen LogP contribution in [0.1, 0.15) is 30.6 Å². The minimum Gasteiger partial charge on any atom is -0.506 e. The lowest BCUT2D eigenvalue weighted by Crippen LogP contribution is -2.30. The van der Waals surface area contributed by atoms with E-state index >= 15 is 0 Å². The molecule has 0 aliphatic heterocycles. The van der Waals surface area contributed by atoms with Crippen molar-refractivity contribution < 1.29 is 9.90 Å². The summed E-state index contributed by atoms with van der Waals surface area (Å²) in [5.41, 5.74) is 2.72. The molecule has 0 spiro atoms. The van der Waals surface area contributed by atoms with E-state index in [9.17, 15) is 14.7 Å². The van der Waals surface area contributed by atoms with E-state index in [0.717, 1.165) is 5.71 Å². The van der Waals surface area contributed by atoms with Crippen molar-refractivity contribution in [1.82, 2.24) is 9.99 Å². The van der Waals surface area contributed by atoms with Gasteiger partial charge in [-0.3, -0.25) is 9.59 Å². The molecule has 6 heteroatoms. The maximum Gasteiger partial charge on any atom is 0.280 e. The molecule has 2 rings (SSSR count). The number of fused-ring (bicyclic) bond motifs is 1. The van der Waals surface area contributed by atoms with Crippen LogP contribution in [0, 0.1) is 0 Å². The van der Waals surface area contributed by atoms with Gasteiger partial charge in [-0.1, -0.05) is 19.1 Å². The van der Waals surface area contributed by atoms with E-state index in [-0.39, 0.29) is 11.3 Å². The van der Waals surface area contributed by atoms with Gasteiger partial charge >= 0.3 is 0 Å². The van der Waals surface area contributed by atoms with Crippen LogP contribution in [-0.4, -0.2) is 21.3 Å². The zero-order valence-electron chi connectivity index (χ0n) is 12.2. The molecule has 0 fully saturated rings. The molecular weight excluding hydrogens is 270 g/mol. The SMILES string of the molecule is CC/C(C)=N/NC(=O)c1c(O)c2ccccc2n(C)c1=O. The highest BCUT2D eigenvalue weighted by atomic mass is 16.3. The van der Waals surface area contributed by atoms with Gasteiger partial charge in [0.1, 0.15) is 11.3 Å². The van der Waals surface area contributed by atoms with Crippen molar-refractivity contribution in [3.63, 3.8) is 0 Å². The Morgan fingerprint density at radius 2 is 2.05 bits per heavy atom. The Morgan fingerprint density at radius 1 is 1.38 bits per heavy atom. The quantitative estimate of drug-likeness (QED) is 0.666. The number of benzene rings is 1. The van der Waals surface area contributed by atoms with Gasteiger partial charge in [-0.15, -0.1) is 0 Å². The van der Waals surface area contributed by atoms with Crippen molar-refractivity contribution >= 4 is 22.5 Å². The number of aromatic hydroxyl groups is 1. The molecule has 2 aromatic rings. The first-order valence-corrected chi connectivity index (χ1v) is 6.61. The van der Waals surface area contributed by atoms with Gasteiger partial charge in [0.2, 0.25) is 0 Å². The van der Waals surface area contributed by atoms with Gasteiger partial charge in [0.05, 0.1) is 5.52 Å². The van der Waals surface area contributed by atoms with Gasteiger partial charge in [-0.05, 0) is 25.5 Å². The molecule has 0 aliphatic carbocycles. The lowest BCUT2D eigenvalue weighted by atomic mass is 10.1. The van der Waals surface area contributed by atoms with E-state index in [0.29, 0.717) is 17.3 Å². The summed E-state index contributed by atoms with van der Waals surface area (Å²) < 4.78 is 1.33. The Morgan fingerprint density at radius 3 is 2.71 bits per heavy atom. The lowest BCUT2D eigenvalue weighted by Gasteiger charge is -2.10. The molecule has 0 atom stereocenters. The molecule has 1 amide bonds. The summed E-state index contributed by atoms with van der Waals surface area (Å²) in [6.45, 7) is 3.66. The van der Waals surface area contributed by atoms with E-state index in [2.05, 4.69) is 10.5 Å². The van der Waals surface area contributed by atoms with Crippen molar-refractivity contribution in [3.8, 4) is 5.75 Å². The standard InChI is InChI=1S/C15H17N3O3/c1-4-9(2)16-17-14(20)12-13(19)10-7-5-6-8-11(10)18(3)15(12)21/h5-8,19H,4H2,1-3H3,(H,17,20)/b16-9+. The number of carbonyl (C=O) groups is 1. The number of hydrazone groups is 1. The van der Waals surface area contributed by atoms with Crippen LogP contribution in [0.25, 0.3) is 10.9 Å². The largest absolute Gasteiger partial charge is 0.506 e. The number of amides is 1. The lowest BCUT2D eigenvalue weighted by molar-refractivity contribution is 0.0950. The van der Waals surface area contributed by atoms with Gasteiger partial charge in [0, 0.05) is 18.1 Å². The van der Waals surface area contributed by atoms with Gasteiger partial charge in [0.15, 0.2) is 0 Å². The van der Waals surface area contributed by atoms with E-state index < -0.39 is 11.5 Å². The molecule has 0 radical (unpaired) electrons. The summed E-state index contributed by atoms with van der Waals surface area (Å²) in [5, 5.41) is 14.5. The van der Waals surface area contributed by atoms with Crippen LogP contribution >= 0.6 is 0 Å². The average Bonchev–Trinajstić information content (AvgIpc) is 2.50. The summed E-state index contributed by atoms with van der Waals surface area (Å²) in [6.07, 6.45) is 0.683. The molecule has 0 saturated heterocycles. The van der Waals surface area contributed by atoms with Crippen LogP contribution in [0.2, 0.25) is 0 Å². The third kappa shape index (κ3) is 2.65. The molecule has 1 aromatic heterocycles.